The van der Waals surface area contributed by atoms with Crippen molar-refractivity contribution in [1.82, 2.24) is 0 Å². The molecule has 14 heavy (non-hydrogen) atoms. The average Bonchev–Trinajstić information content (AvgIpc) is 2.09. The number of allylic oxidation sites excluding steroid dienone is 2. The monoisotopic (exact) mass is 214 g/mol. The summed E-state index contributed by atoms with van der Waals surface area (Å²) < 4.78 is 4.64. The maximum atomic E-state index is 11.0. The van der Waals surface area contributed by atoms with Crippen LogP contribution in [0.5, 0.6) is 0 Å². The van der Waals surface area contributed by atoms with Crippen molar-refractivity contribution < 1.29 is 9.53 Å². The smallest absolute Gasteiger partial charge is 0.305 e. The highest BCUT2D eigenvalue weighted by atomic mass is 28.3. The van der Waals surface area contributed by atoms with E-state index in [0.29, 0.717) is 6.42 Å². The van der Waals surface area contributed by atoms with Crippen molar-refractivity contribution in [2.75, 3.05) is 7.11 Å². The molecule has 0 aromatic rings. The summed E-state index contributed by atoms with van der Waals surface area (Å²) in [5.41, 5.74) is 0. The standard InChI is InChI=1S/C11H22O2Si/c1-6-7-10(14(3,4)5)8-9-11(12)13-2/h7H,6,8-9H2,1-5H3/b10-7-. The van der Waals surface area contributed by atoms with E-state index in [9.17, 15) is 4.79 Å². The quantitative estimate of drug-likeness (QED) is 0.519. The molecule has 0 heterocycles. The van der Waals surface area contributed by atoms with Crippen molar-refractivity contribution in [3.8, 4) is 0 Å². The van der Waals surface area contributed by atoms with E-state index >= 15 is 0 Å². The predicted molar refractivity (Wildman–Crippen MR) is 63.0 cm³/mol. The summed E-state index contributed by atoms with van der Waals surface area (Å²) in [6, 6.07) is 0. The van der Waals surface area contributed by atoms with Crippen LogP contribution in [0.2, 0.25) is 19.6 Å². The molecule has 0 N–H and O–H groups in total. The van der Waals surface area contributed by atoms with Crippen LogP contribution >= 0.6 is 0 Å². The zero-order valence-electron chi connectivity index (χ0n) is 10.0. The zero-order valence-corrected chi connectivity index (χ0v) is 11.0. The van der Waals surface area contributed by atoms with Gasteiger partial charge in [0.25, 0.3) is 0 Å². The number of methoxy groups -OCH3 is 1. The maximum Gasteiger partial charge on any atom is 0.305 e. The van der Waals surface area contributed by atoms with Gasteiger partial charge in [-0.3, -0.25) is 4.79 Å². The molecule has 0 saturated carbocycles. The lowest BCUT2D eigenvalue weighted by Gasteiger charge is -2.20. The van der Waals surface area contributed by atoms with Gasteiger partial charge in [0.1, 0.15) is 0 Å². The van der Waals surface area contributed by atoms with E-state index in [-0.39, 0.29) is 5.97 Å². The van der Waals surface area contributed by atoms with Crippen molar-refractivity contribution >= 4 is 14.0 Å². The number of carbonyl (C=O) groups is 1. The van der Waals surface area contributed by atoms with E-state index in [0.717, 1.165) is 12.8 Å². The first-order valence-electron chi connectivity index (χ1n) is 5.18. The number of hydrogen-bond donors (Lipinski definition) is 0. The maximum absolute atomic E-state index is 11.0. The van der Waals surface area contributed by atoms with Crippen LogP contribution in [-0.2, 0) is 9.53 Å². The third kappa shape index (κ3) is 5.22. The molecule has 0 rings (SSSR count). The molecular weight excluding hydrogens is 192 g/mol. The van der Waals surface area contributed by atoms with Crippen LogP contribution in [-0.4, -0.2) is 21.2 Å². The zero-order chi connectivity index (χ0) is 11.2. The number of hydrogen-bond acceptors (Lipinski definition) is 2. The van der Waals surface area contributed by atoms with E-state index < -0.39 is 8.07 Å². The molecule has 0 aromatic heterocycles. The summed E-state index contributed by atoms with van der Waals surface area (Å²) in [6.07, 6.45) is 4.72. The van der Waals surface area contributed by atoms with Gasteiger partial charge in [-0.15, -0.1) is 0 Å². The van der Waals surface area contributed by atoms with E-state index in [1.807, 2.05) is 0 Å². The van der Waals surface area contributed by atoms with Crippen LogP contribution in [0.15, 0.2) is 11.3 Å². The topological polar surface area (TPSA) is 26.3 Å². The van der Waals surface area contributed by atoms with Gasteiger partial charge in [0.2, 0.25) is 0 Å². The van der Waals surface area contributed by atoms with Crippen LogP contribution in [0.1, 0.15) is 26.2 Å². The van der Waals surface area contributed by atoms with Crippen molar-refractivity contribution in [1.29, 1.82) is 0 Å². The van der Waals surface area contributed by atoms with Crippen LogP contribution in [0.4, 0.5) is 0 Å². The Morgan fingerprint density at radius 3 is 2.21 bits per heavy atom. The summed E-state index contributed by atoms with van der Waals surface area (Å²) in [6.45, 7) is 9.07. The van der Waals surface area contributed by atoms with Crippen LogP contribution in [0.25, 0.3) is 0 Å². The van der Waals surface area contributed by atoms with Gasteiger partial charge in [0.15, 0.2) is 0 Å². The highest BCUT2D eigenvalue weighted by Gasteiger charge is 2.19. The van der Waals surface area contributed by atoms with Gasteiger partial charge in [-0.2, -0.15) is 0 Å². The third-order valence-electron chi connectivity index (χ3n) is 2.24. The Labute approximate surface area is 88.4 Å². The molecule has 0 radical (unpaired) electrons. The first kappa shape index (κ1) is 13.4. The molecule has 0 amide bonds. The number of rotatable bonds is 5. The lowest BCUT2D eigenvalue weighted by atomic mass is 10.2. The minimum absolute atomic E-state index is 0.106. The summed E-state index contributed by atoms with van der Waals surface area (Å²) in [4.78, 5) is 11.0. The summed E-state index contributed by atoms with van der Waals surface area (Å²) in [5.74, 6) is -0.106. The lowest BCUT2D eigenvalue weighted by Crippen LogP contribution is -2.24. The normalized spacial score (nSPS) is 12.8. The van der Waals surface area contributed by atoms with E-state index in [1.54, 1.807) is 0 Å². The molecule has 0 aliphatic heterocycles. The summed E-state index contributed by atoms with van der Waals surface area (Å²) >= 11 is 0. The van der Waals surface area contributed by atoms with Crippen LogP contribution in [0, 0.1) is 0 Å². The van der Waals surface area contributed by atoms with Crippen molar-refractivity contribution in [3.05, 3.63) is 11.3 Å². The number of ether oxygens (including phenoxy) is 1. The van der Waals surface area contributed by atoms with Gasteiger partial charge in [-0.25, -0.2) is 0 Å². The predicted octanol–water partition coefficient (Wildman–Crippen LogP) is 3.15. The highest BCUT2D eigenvalue weighted by Crippen LogP contribution is 2.20. The second kappa shape index (κ2) is 6.01. The molecule has 82 valence electrons. The van der Waals surface area contributed by atoms with E-state index in [1.165, 1.54) is 12.3 Å². The molecule has 0 unspecified atom stereocenters. The first-order chi connectivity index (χ1) is 6.41. The van der Waals surface area contributed by atoms with Gasteiger partial charge in [0.05, 0.1) is 15.2 Å². The van der Waals surface area contributed by atoms with Gasteiger partial charge in [-0.1, -0.05) is 37.8 Å². The second-order valence-electron chi connectivity index (χ2n) is 4.46. The fraction of sp³-hybridized carbons (Fsp3) is 0.727. The minimum Gasteiger partial charge on any atom is -0.469 e. The largest absolute Gasteiger partial charge is 0.469 e. The molecule has 0 aliphatic carbocycles. The average molecular weight is 214 g/mol. The highest BCUT2D eigenvalue weighted by molar-refractivity contribution is 6.83. The van der Waals surface area contributed by atoms with Crippen molar-refractivity contribution in [2.24, 2.45) is 0 Å². The Hall–Kier alpha value is -0.573. The molecule has 0 fully saturated rings. The van der Waals surface area contributed by atoms with Gasteiger partial charge < -0.3 is 4.74 Å². The Morgan fingerprint density at radius 1 is 1.29 bits per heavy atom. The lowest BCUT2D eigenvalue weighted by molar-refractivity contribution is -0.140. The summed E-state index contributed by atoms with van der Waals surface area (Å²) in [5, 5.41) is 1.48. The minimum atomic E-state index is -1.23. The molecule has 0 bridgehead atoms. The fourth-order valence-electron chi connectivity index (χ4n) is 1.37. The van der Waals surface area contributed by atoms with E-state index in [2.05, 4.69) is 37.4 Å². The first-order valence-corrected chi connectivity index (χ1v) is 8.68. The summed E-state index contributed by atoms with van der Waals surface area (Å²) in [7, 11) is 0.211. The van der Waals surface area contributed by atoms with E-state index in [4.69, 9.17) is 0 Å². The Bertz CT molecular complexity index is 214. The van der Waals surface area contributed by atoms with Crippen LogP contribution in [0.3, 0.4) is 0 Å². The molecule has 0 atom stereocenters. The van der Waals surface area contributed by atoms with Crippen molar-refractivity contribution in [3.63, 3.8) is 0 Å². The third-order valence-corrected chi connectivity index (χ3v) is 4.62. The Balaban J connectivity index is 4.27. The SMILES string of the molecule is CC/C=C(/CCC(=O)OC)[Si](C)(C)C. The van der Waals surface area contributed by atoms with Gasteiger partial charge in [0, 0.05) is 6.42 Å². The number of esters is 1. The molecule has 0 aliphatic rings. The molecule has 0 aromatic carbocycles. The molecular formula is C11H22O2Si. The Kier molecular flexibility index (Phi) is 5.77. The fourth-order valence-corrected chi connectivity index (χ4v) is 3.06. The van der Waals surface area contributed by atoms with Gasteiger partial charge >= 0.3 is 5.97 Å². The number of carbonyl (C=O) groups excluding carboxylic acids is 1. The molecule has 3 heteroatoms. The molecule has 0 saturated heterocycles. The van der Waals surface area contributed by atoms with Gasteiger partial charge in [-0.05, 0) is 12.8 Å². The second-order valence-corrected chi connectivity index (χ2v) is 9.61. The van der Waals surface area contributed by atoms with Crippen LogP contribution < -0.4 is 0 Å². The molecule has 0 spiro atoms. The van der Waals surface area contributed by atoms with Crippen molar-refractivity contribution in [2.45, 2.75) is 45.8 Å². The Morgan fingerprint density at radius 2 is 1.86 bits per heavy atom. The molecule has 2 nitrogen and oxygen atoms in total.